The van der Waals surface area contributed by atoms with Crippen LogP contribution in [0.15, 0.2) is 23.8 Å². The first kappa shape index (κ1) is 11.4. The molecule has 0 aromatic heterocycles. The van der Waals surface area contributed by atoms with Crippen LogP contribution in [0.25, 0.3) is 6.08 Å². The molecule has 0 saturated carbocycles. The number of rotatable bonds is 3. The van der Waals surface area contributed by atoms with Crippen molar-refractivity contribution >= 4 is 12.0 Å². The second-order valence-corrected chi connectivity index (χ2v) is 3.35. The molecule has 1 N–H and O–H groups in total. The highest BCUT2D eigenvalue weighted by Gasteiger charge is 2.06. The number of aryl methyl sites for hydroxylation is 1. The standard InChI is InChI=1S/C12H13FO2/c1-3-9(12(14)15)7-10-5-4-8(2)6-11(10)13/h4-7H,3H2,1-2H3,(H,14,15). The van der Waals surface area contributed by atoms with E-state index in [1.807, 2.05) is 0 Å². The lowest BCUT2D eigenvalue weighted by Gasteiger charge is -2.01. The van der Waals surface area contributed by atoms with E-state index in [0.717, 1.165) is 5.56 Å². The van der Waals surface area contributed by atoms with E-state index in [1.54, 1.807) is 26.0 Å². The molecule has 0 saturated heterocycles. The van der Waals surface area contributed by atoms with Crippen molar-refractivity contribution in [3.8, 4) is 0 Å². The highest BCUT2D eigenvalue weighted by atomic mass is 19.1. The fraction of sp³-hybridized carbons (Fsp3) is 0.250. The van der Waals surface area contributed by atoms with Gasteiger partial charge in [0.1, 0.15) is 5.82 Å². The molecule has 0 amide bonds. The van der Waals surface area contributed by atoms with Crippen molar-refractivity contribution in [2.75, 3.05) is 0 Å². The molecule has 0 aliphatic rings. The summed E-state index contributed by atoms with van der Waals surface area (Å²) in [5.74, 6) is -1.39. The Morgan fingerprint density at radius 3 is 2.67 bits per heavy atom. The van der Waals surface area contributed by atoms with E-state index in [0.29, 0.717) is 12.0 Å². The maximum Gasteiger partial charge on any atom is 0.331 e. The third-order valence-electron chi connectivity index (χ3n) is 2.14. The Kier molecular flexibility index (Phi) is 3.61. The minimum atomic E-state index is -1.00. The van der Waals surface area contributed by atoms with Crippen LogP contribution in [0, 0.1) is 12.7 Å². The summed E-state index contributed by atoms with van der Waals surface area (Å²) in [5.41, 5.74) is 1.34. The maximum absolute atomic E-state index is 13.4. The van der Waals surface area contributed by atoms with Crippen molar-refractivity contribution in [2.45, 2.75) is 20.3 Å². The molecule has 80 valence electrons. The van der Waals surface area contributed by atoms with Gasteiger partial charge in [-0.25, -0.2) is 9.18 Å². The van der Waals surface area contributed by atoms with Crippen molar-refractivity contribution in [1.29, 1.82) is 0 Å². The summed E-state index contributed by atoms with van der Waals surface area (Å²) in [7, 11) is 0. The van der Waals surface area contributed by atoms with Crippen LogP contribution in [-0.2, 0) is 4.79 Å². The van der Waals surface area contributed by atoms with E-state index in [1.165, 1.54) is 12.1 Å². The molecule has 0 bridgehead atoms. The largest absolute Gasteiger partial charge is 0.478 e. The Hall–Kier alpha value is -1.64. The SMILES string of the molecule is CCC(=Cc1ccc(C)cc1F)C(=O)O. The first-order chi connectivity index (χ1) is 7.04. The Morgan fingerprint density at radius 1 is 1.53 bits per heavy atom. The Balaban J connectivity index is 3.12. The summed E-state index contributed by atoms with van der Waals surface area (Å²) in [5, 5.41) is 8.79. The average molecular weight is 208 g/mol. The number of halogens is 1. The predicted octanol–water partition coefficient (Wildman–Crippen LogP) is 3.01. The zero-order valence-corrected chi connectivity index (χ0v) is 8.75. The fourth-order valence-electron chi connectivity index (χ4n) is 1.25. The van der Waals surface area contributed by atoms with E-state index in [-0.39, 0.29) is 11.4 Å². The molecular weight excluding hydrogens is 195 g/mol. The maximum atomic E-state index is 13.4. The van der Waals surface area contributed by atoms with Gasteiger partial charge < -0.3 is 5.11 Å². The normalized spacial score (nSPS) is 11.5. The third-order valence-corrected chi connectivity index (χ3v) is 2.14. The van der Waals surface area contributed by atoms with Crippen LogP contribution in [0.5, 0.6) is 0 Å². The summed E-state index contributed by atoms with van der Waals surface area (Å²) < 4.78 is 13.4. The van der Waals surface area contributed by atoms with Gasteiger partial charge in [-0.3, -0.25) is 0 Å². The lowest BCUT2D eigenvalue weighted by molar-refractivity contribution is -0.132. The molecule has 1 aromatic carbocycles. The summed E-state index contributed by atoms with van der Waals surface area (Å²) in [4.78, 5) is 10.7. The first-order valence-corrected chi connectivity index (χ1v) is 4.74. The zero-order chi connectivity index (χ0) is 11.4. The number of hydrogen-bond acceptors (Lipinski definition) is 1. The number of aliphatic carboxylic acids is 1. The lowest BCUT2D eigenvalue weighted by atomic mass is 10.1. The molecular formula is C12H13FO2. The van der Waals surface area contributed by atoms with Crippen LogP contribution in [0.3, 0.4) is 0 Å². The number of hydrogen-bond donors (Lipinski definition) is 1. The van der Waals surface area contributed by atoms with E-state index < -0.39 is 5.97 Å². The molecule has 0 atom stereocenters. The van der Waals surface area contributed by atoms with Crippen molar-refractivity contribution in [3.05, 3.63) is 40.7 Å². The van der Waals surface area contributed by atoms with E-state index in [2.05, 4.69) is 0 Å². The number of carboxylic acids is 1. The topological polar surface area (TPSA) is 37.3 Å². The molecule has 15 heavy (non-hydrogen) atoms. The van der Waals surface area contributed by atoms with Crippen molar-refractivity contribution in [2.24, 2.45) is 0 Å². The van der Waals surface area contributed by atoms with E-state index in [4.69, 9.17) is 5.11 Å². The van der Waals surface area contributed by atoms with Gasteiger partial charge in [0, 0.05) is 11.1 Å². The van der Waals surface area contributed by atoms with Gasteiger partial charge in [0.05, 0.1) is 0 Å². The molecule has 0 aliphatic carbocycles. The van der Waals surface area contributed by atoms with Gasteiger partial charge >= 0.3 is 5.97 Å². The summed E-state index contributed by atoms with van der Waals surface area (Å²) in [6.45, 7) is 3.51. The first-order valence-electron chi connectivity index (χ1n) is 4.74. The summed E-state index contributed by atoms with van der Waals surface area (Å²) >= 11 is 0. The van der Waals surface area contributed by atoms with Crippen LogP contribution >= 0.6 is 0 Å². The van der Waals surface area contributed by atoms with Crippen LogP contribution in [-0.4, -0.2) is 11.1 Å². The quantitative estimate of drug-likeness (QED) is 0.775. The van der Waals surface area contributed by atoms with E-state index >= 15 is 0 Å². The zero-order valence-electron chi connectivity index (χ0n) is 8.75. The third kappa shape index (κ3) is 2.91. The molecule has 0 unspecified atom stereocenters. The molecule has 0 heterocycles. The number of carbonyl (C=O) groups is 1. The summed E-state index contributed by atoms with van der Waals surface area (Å²) in [6, 6.07) is 4.73. The number of carboxylic acid groups (broad SMARTS) is 1. The molecule has 0 fully saturated rings. The van der Waals surface area contributed by atoms with Gasteiger partial charge in [0.15, 0.2) is 0 Å². The minimum Gasteiger partial charge on any atom is -0.478 e. The monoisotopic (exact) mass is 208 g/mol. The summed E-state index contributed by atoms with van der Waals surface area (Å²) in [6.07, 6.45) is 1.75. The molecule has 0 radical (unpaired) electrons. The van der Waals surface area contributed by atoms with Gasteiger partial charge in [0.2, 0.25) is 0 Å². The van der Waals surface area contributed by atoms with Gasteiger partial charge in [-0.2, -0.15) is 0 Å². The van der Waals surface area contributed by atoms with Crippen LogP contribution in [0.1, 0.15) is 24.5 Å². The smallest absolute Gasteiger partial charge is 0.331 e. The molecule has 0 spiro atoms. The van der Waals surface area contributed by atoms with Crippen molar-refractivity contribution < 1.29 is 14.3 Å². The lowest BCUT2D eigenvalue weighted by Crippen LogP contribution is -1.99. The highest BCUT2D eigenvalue weighted by molar-refractivity contribution is 5.92. The van der Waals surface area contributed by atoms with Crippen LogP contribution < -0.4 is 0 Å². The highest BCUT2D eigenvalue weighted by Crippen LogP contribution is 2.15. The second kappa shape index (κ2) is 4.73. The average Bonchev–Trinajstić information content (AvgIpc) is 2.16. The van der Waals surface area contributed by atoms with Crippen molar-refractivity contribution in [1.82, 2.24) is 0 Å². The van der Waals surface area contributed by atoms with Crippen LogP contribution in [0.4, 0.5) is 4.39 Å². The molecule has 1 aromatic rings. The van der Waals surface area contributed by atoms with Gasteiger partial charge in [-0.05, 0) is 31.1 Å². The molecule has 0 aliphatic heterocycles. The van der Waals surface area contributed by atoms with Crippen LogP contribution in [0.2, 0.25) is 0 Å². The molecule has 1 rings (SSSR count). The Labute approximate surface area is 88.1 Å². The van der Waals surface area contributed by atoms with Gasteiger partial charge in [0.25, 0.3) is 0 Å². The Bertz CT molecular complexity index is 408. The molecule has 3 heteroatoms. The Morgan fingerprint density at radius 2 is 2.20 bits per heavy atom. The van der Waals surface area contributed by atoms with Gasteiger partial charge in [-0.15, -0.1) is 0 Å². The molecule has 2 nitrogen and oxygen atoms in total. The predicted molar refractivity (Wildman–Crippen MR) is 57.0 cm³/mol. The van der Waals surface area contributed by atoms with Crippen molar-refractivity contribution in [3.63, 3.8) is 0 Å². The minimum absolute atomic E-state index is 0.206. The second-order valence-electron chi connectivity index (χ2n) is 3.35. The van der Waals surface area contributed by atoms with Gasteiger partial charge in [-0.1, -0.05) is 19.1 Å². The number of benzene rings is 1. The van der Waals surface area contributed by atoms with E-state index in [9.17, 15) is 9.18 Å². The fourth-order valence-corrected chi connectivity index (χ4v) is 1.25.